The minimum Gasteiger partial charge on any atom is -0.378 e. The monoisotopic (exact) mass is 355 g/mol. The minimum atomic E-state index is 0.670. The highest BCUT2D eigenvalue weighted by Gasteiger charge is 2.11. The Bertz CT molecular complexity index is 1050. The standard InChI is InChI=1S/C22H21N5/c1-27(2)18-10-11-20-19(13-18)22(24-14-16-7-4-3-5-8-16)26-21(25-20)17-9-6-12-23-15-17/h3-13,15H,14H2,1-2H3,(H,24,25,26). The number of nitrogens with one attached hydrogen (secondary N) is 1. The third-order valence-electron chi connectivity index (χ3n) is 4.42. The van der Waals surface area contributed by atoms with Gasteiger partial charge in [-0.2, -0.15) is 0 Å². The Morgan fingerprint density at radius 3 is 2.52 bits per heavy atom. The number of nitrogens with zero attached hydrogens (tertiary/aromatic N) is 4. The van der Waals surface area contributed by atoms with E-state index in [-0.39, 0.29) is 0 Å². The normalized spacial score (nSPS) is 10.7. The summed E-state index contributed by atoms with van der Waals surface area (Å²) in [6, 6.07) is 20.4. The number of aromatic nitrogens is 3. The van der Waals surface area contributed by atoms with Crippen LogP contribution in [0.4, 0.5) is 11.5 Å². The zero-order chi connectivity index (χ0) is 18.6. The van der Waals surface area contributed by atoms with Crippen molar-refractivity contribution in [2.75, 3.05) is 24.3 Å². The fourth-order valence-electron chi connectivity index (χ4n) is 2.94. The molecule has 4 rings (SSSR count). The van der Waals surface area contributed by atoms with Gasteiger partial charge in [0.05, 0.1) is 5.52 Å². The molecule has 0 aliphatic carbocycles. The molecule has 27 heavy (non-hydrogen) atoms. The molecular weight excluding hydrogens is 334 g/mol. The maximum absolute atomic E-state index is 4.81. The number of anilines is 2. The molecule has 2 heterocycles. The number of rotatable bonds is 5. The van der Waals surface area contributed by atoms with Crippen LogP contribution in [0.5, 0.6) is 0 Å². The van der Waals surface area contributed by atoms with Crippen molar-refractivity contribution in [1.82, 2.24) is 15.0 Å². The minimum absolute atomic E-state index is 0.670. The molecule has 134 valence electrons. The molecule has 0 aliphatic rings. The highest BCUT2D eigenvalue weighted by molar-refractivity contribution is 5.93. The van der Waals surface area contributed by atoms with Crippen molar-refractivity contribution in [2.24, 2.45) is 0 Å². The lowest BCUT2D eigenvalue weighted by atomic mass is 10.1. The maximum Gasteiger partial charge on any atom is 0.163 e. The van der Waals surface area contributed by atoms with Gasteiger partial charge in [0, 0.05) is 49.7 Å². The second-order valence-electron chi connectivity index (χ2n) is 6.57. The second kappa shape index (κ2) is 7.41. The van der Waals surface area contributed by atoms with Gasteiger partial charge in [-0.05, 0) is 35.9 Å². The Kier molecular flexibility index (Phi) is 4.66. The first-order valence-electron chi connectivity index (χ1n) is 8.88. The van der Waals surface area contributed by atoms with Crippen LogP contribution in [0.1, 0.15) is 5.56 Å². The highest BCUT2D eigenvalue weighted by Crippen LogP contribution is 2.28. The SMILES string of the molecule is CN(C)c1ccc2nc(-c3cccnc3)nc(NCc3ccccc3)c2c1. The fraction of sp³-hybridized carbons (Fsp3) is 0.136. The Morgan fingerprint density at radius 2 is 1.78 bits per heavy atom. The predicted molar refractivity (Wildman–Crippen MR) is 111 cm³/mol. The molecule has 0 spiro atoms. The number of hydrogen-bond acceptors (Lipinski definition) is 5. The molecule has 0 aliphatic heterocycles. The van der Waals surface area contributed by atoms with E-state index in [2.05, 4.69) is 39.5 Å². The molecule has 5 nitrogen and oxygen atoms in total. The van der Waals surface area contributed by atoms with Crippen molar-refractivity contribution in [3.8, 4) is 11.4 Å². The van der Waals surface area contributed by atoms with E-state index in [4.69, 9.17) is 9.97 Å². The number of pyridine rings is 1. The molecular formula is C22H21N5. The van der Waals surface area contributed by atoms with Crippen molar-refractivity contribution in [3.63, 3.8) is 0 Å². The Balaban J connectivity index is 1.80. The average Bonchev–Trinajstić information content (AvgIpc) is 2.72. The van der Waals surface area contributed by atoms with Crippen molar-refractivity contribution in [3.05, 3.63) is 78.6 Å². The van der Waals surface area contributed by atoms with Gasteiger partial charge >= 0.3 is 0 Å². The van der Waals surface area contributed by atoms with E-state index in [0.717, 1.165) is 28.0 Å². The van der Waals surface area contributed by atoms with E-state index in [1.807, 2.05) is 50.5 Å². The molecule has 0 saturated carbocycles. The summed E-state index contributed by atoms with van der Waals surface area (Å²) in [4.78, 5) is 15.8. The van der Waals surface area contributed by atoms with Crippen molar-refractivity contribution >= 4 is 22.4 Å². The Hall–Kier alpha value is -3.47. The number of fused-ring (bicyclic) bond motifs is 1. The average molecular weight is 355 g/mol. The molecule has 4 aromatic rings. The van der Waals surface area contributed by atoms with Crippen LogP contribution in [0.2, 0.25) is 0 Å². The van der Waals surface area contributed by atoms with E-state index >= 15 is 0 Å². The smallest absolute Gasteiger partial charge is 0.163 e. The zero-order valence-electron chi connectivity index (χ0n) is 15.4. The third kappa shape index (κ3) is 3.72. The van der Waals surface area contributed by atoms with Gasteiger partial charge in [0.2, 0.25) is 0 Å². The van der Waals surface area contributed by atoms with Crippen LogP contribution in [-0.4, -0.2) is 29.0 Å². The summed E-state index contributed by atoms with van der Waals surface area (Å²) >= 11 is 0. The van der Waals surface area contributed by atoms with Gasteiger partial charge in [0.1, 0.15) is 5.82 Å². The van der Waals surface area contributed by atoms with Crippen molar-refractivity contribution in [2.45, 2.75) is 6.54 Å². The summed E-state index contributed by atoms with van der Waals surface area (Å²) in [5, 5.41) is 4.49. The molecule has 1 N–H and O–H groups in total. The van der Waals surface area contributed by atoms with E-state index in [1.165, 1.54) is 5.56 Å². The van der Waals surface area contributed by atoms with Crippen LogP contribution >= 0.6 is 0 Å². The quantitative estimate of drug-likeness (QED) is 0.576. The topological polar surface area (TPSA) is 53.9 Å². The summed E-state index contributed by atoms with van der Waals surface area (Å²) in [7, 11) is 4.06. The van der Waals surface area contributed by atoms with Gasteiger partial charge in [0.15, 0.2) is 5.82 Å². The molecule has 0 atom stereocenters. The molecule has 2 aromatic carbocycles. The first-order valence-corrected chi connectivity index (χ1v) is 8.88. The first-order chi connectivity index (χ1) is 13.2. The molecule has 0 bridgehead atoms. The maximum atomic E-state index is 4.81. The zero-order valence-corrected chi connectivity index (χ0v) is 15.4. The fourth-order valence-corrected chi connectivity index (χ4v) is 2.94. The van der Waals surface area contributed by atoms with Crippen LogP contribution in [0.3, 0.4) is 0 Å². The molecule has 0 unspecified atom stereocenters. The second-order valence-corrected chi connectivity index (χ2v) is 6.57. The molecule has 0 saturated heterocycles. The third-order valence-corrected chi connectivity index (χ3v) is 4.42. The van der Waals surface area contributed by atoms with Gasteiger partial charge in [-0.3, -0.25) is 4.98 Å². The highest BCUT2D eigenvalue weighted by atomic mass is 15.1. The first kappa shape index (κ1) is 17.0. The lowest BCUT2D eigenvalue weighted by Crippen LogP contribution is -2.09. The van der Waals surface area contributed by atoms with Crippen LogP contribution in [-0.2, 0) is 6.54 Å². The summed E-state index contributed by atoms with van der Waals surface area (Å²) in [6.45, 7) is 0.700. The largest absolute Gasteiger partial charge is 0.378 e. The van der Waals surface area contributed by atoms with Crippen LogP contribution in [0.15, 0.2) is 73.1 Å². The van der Waals surface area contributed by atoms with Crippen LogP contribution in [0.25, 0.3) is 22.3 Å². The molecule has 5 heteroatoms. The molecule has 0 amide bonds. The van der Waals surface area contributed by atoms with Crippen LogP contribution in [0, 0.1) is 0 Å². The van der Waals surface area contributed by atoms with E-state index in [0.29, 0.717) is 12.4 Å². The van der Waals surface area contributed by atoms with Crippen molar-refractivity contribution < 1.29 is 0 Å². The molecule has 0 fully saturated rings. The predicted octanol–water partition coefficient (Wildman–Crippen LogP) is 4.37. The Morgan fingerprint density at radius 1 is 0.926 bits per heavy atom. The number of benzene rings is 2. The van der Waals surface area contributed by atoms with Gasteiger partial charge < -0.3 is 10.2 Å². The van der Waals surface area contributed by atoms with Crippen LogP contribution < -0.4 is 10.2 Å². The Labute approximate surface area is 158 Å². The summed E-state index contributed by atoms with van der Waals surface area (Å²) in [5.41, 5.74) is 4.13. The van der Waals surface area contributed by atoms with Gasteiger partial charge in [-0.25, -0.2) is 9.97 Å². The van der Waals surface area contributed by atoms with E-state index in [9.17, 15) is 0 Å². The van der Waals surface area contributed by atoms with Gasteiger partial charge in [0.25, 0.3) is 0 Å². The van der Waals surface area contributed by atoms with E-state index < -0.39 is 0 Å². The van der Waals surface area contributed by atoms with Gasteiger partial charge in [-0.1, -0.05) is 30.3 Å². The lowest BCUT2D eigenvalue weighted by Gasteiger charge is -2.15. The summed E-state index contributed by atoms with van der Waals surface area (Å²) in [6.07, 6.45) is 3.54. The summed E-state index contributed by atoms with van der Waals surface area (Å²) < 4.78 is 0. The van der Waals surface area contributed by atoms with Crippen molar-refractivity contribution in [1.29, 1.82) is 0 Å². The molecule has 0 radical (unpaired) electrons. The van der Waals surface area contributed by atoms with Gasteiger partial charge in [-0.15, -0.1) is 0 Å². The molecule has 2 aromatic heterocycles. The number of hydrogen-bond donors (Lipinski definition) is 1. The van der Waals surface area contributed by atoms with E-state index in [1.54, 1.807) is 12.4 Å². The summed E-state index contributed by atoms with van der Waals surface area (Å²) in [5.74, 6) is 1.50. The lowest BCUT2D eigenvalue weighted by molar-refractivity contribution is 1.10.